The number of hydrogen-bond acceptors (Lipinski definition) is 4. The van der Waals surface area contributed by atoms with Crippen LogP contribution >= 0.6 is 0 Å². The second kappa shape index (κ2) is 6.63. The Kier molecular flexibility index (Phi) is 4.87. The predicted octanol–water partition coefficient (Wildman–Crippen LogP) is 1.58. The van der Waals surface area contributed by atoms with Crippen LogP contribution in [0.25, 0.3) is 10.9 Å². The molecule has 0 fully saturated rings. The van der Waals surface area contributed by atoms with Crippen molar-refractivity contribution in [3.05, 3.63) is 23.9 Å². The molecule has 110 valence electrons. The van der Waals surface area contributed by atoms with Crippen molar-refractivity contribution < 1.29 is 19.7 Å². The maximum absolute atomic E-state index is 9.17. The number of hydrogen-bond donors (Lipinski definition) is 2. The van der Waals surface area contributed by atoms with Gasteiger partial charge in [0.15, 0.2) is 11.5 Å². The molecular formula is C15H21NO4. The first-order valence-electron chi connectivity index (χ1n) is 6.70. The Balaban J connectivity index is 2.56. The molecule has 0 saturated heterocycles. The summed E-state index contributed by atoms with van der Waals surface area (Å²) in [5.74, 6) is 1.36. The zero-order valence-corrected chi connectivity index (χ0v) is 11.9. The zero-order valence-electron chi connectivity index (χ0n) is 11.9. The van der Waals surface area contributed by atoms with Gasteiger partial charge in [0.05, 0.1) is 26.3 Å². The fourth-order valence-electron chi connectivity index (χ4n) is 2.45. The zero-order chi connectivity index (χ0) is 14.5. The molecule has 2 rings (SSSR count). The number of ether oxygens (including phenoxy) is 2. The molecule has 0 bridgehead atoms. The summed E-state index contributed by atoms with van der Waals surface area (Å²) in [6, 6.07) is 3.88. The third-order valence-electron chi connectivity index (χ3n) is 3.41. The van der Waals surface area contributed by atoms with E-state index < -0.39 is 0 Å². The van der Waals surface area contributed by atoms with E-state index in [9.17, 15) is 5.11 Å². The summed E-state index contributed by atoms with van der Waals surface area (Å²) < 4.78 is 12.7. The highest BCUT2D eigenvalue weighted by Crippen LogP contribution is 2.35. The van der Waals surface area contributed by atoms with Gasteiger partial charge in [0.1, 0.15) is 0 Å². The molecule has 0 unspecified atom stereocenters. The Bertz CT molecular complexity index is 577. The minimum Gasteiger partial charge on any atom is -0.493 e. The average molecular weight is 279 g/mol. The molecular weight excluding hydrogens is 258 g/mol. The number of aryl methyl sites for hydroxylation is 1. The first kappa shape index (κ1) is 14.7. The quantitative estimate of drug-likeness (QED) is 0.807. The van der Waals surface area contributed by atoms with Crippen LogP contribution < -0.4 is 9.47 Å². The van der Waals surface area contributed by atoms with Crippen LogP contribution in [0.3, 0.4) is 0 Å². The number of methoxy groups -OCH3 is 2. The van der Waals surface area contributed by atoms with Gasteiger partial charge in [-0.05, 0) is 24.5 Å². The second-order valence-electron chi connectivity index (χ2n) is 4.62. The van der Waals surface area contributed by atoms with Crippen LogP contribution in [0.5, 0.6) is 11.5 Å². The van der Waals surface area contributed by atoms with E-state index >= 15 is 0 Å². The lowest BCUT2D eigenvalue weighted by molar-refractivity contribution is 0.277. The van der Waals surface area contributed by atoms with Crippen molar-refractivity contribution in [3.63, 3.8) is 0 Å². The summed E-state index contributed by atoms with van der Waals surface area (Å²) in [6.45, 7) is 0.780. The lowest BCUT2D eigenvalue weighted by Gasteiger charge is -2.09. The van der Waals surface area contributed by atoms with Gasteiger partial charge in [-0.25, -0.2) is 0 Å². The van der Waals surface area contributed by atoms with E-state index in [-0.39, 0.29) is 13.2 Å². The number of nitrogens with zero attached hydrogens (tertiary/aromatic N) is 1. The molecule has 5 heteroatoms. The predicted molar refractivity (Wildman–Crippen MR) is 77.5 cm³/mol. The summed E-state index contributed by atoms with van der Waals surface area (Å²) in [6.07, 6.45) is 3.53. The summed E-state index contributed by atoms with van der Waals surface area (Å²) >= 11 is 0. The van der Waals surface area contributed by atoms with Crippen molar-refractivity contribution in [2.75, 3.05) is 27.4 Å². The number of rotatable bonds is 7. The van der Waals surface area contributed by atoms with E-state index in [0.717, 1.165) is 22.9 Å². The molecule has 20 heavy (non-hydrogen) atoms. The maximum Gasteiger partial charge on any atom is 0.162 e. The first-order chi connectivity index (χ1) is 9.74. The maximum atomic E-state index is 9.17. The van der Waals surface area contributed by atoms with Gasteiger partial charge in [0.25, 0.3) is 0 Å². The molecule has 0 aliphatic rings. The smallest absolute Gasteiger partial charge is 0.162 e. The largest absolute Gasteiger partial charge is 0.493 e. The number of aliphatic hydroxyl groups is 2. The highest BCUT2D eigenvalue weighted by atomic mass is 16.5. The Morgan fingerprint density at radius 3 is 2.35 bits per heavy atom. The van der Waals surface area contributed by atoms with Crippen LogP contribution in [0.4, 0.5) is 0 Å². The highest BCUT2D eigenvalue weighted by molar-refractivity contribution is 5.87. The van der Waals surface area contributed by atoms with Gasteiger partial charge in [-0.3, -0.25) is 0 Å². The number of aromatic nitrogens is 1. The van der Waals surface area contributed by atoms with Crippen LogP contribution in [-0.2, 0) is 13.0 Å². The molecule has 0 aliphatic heterocycles. The molecule has 0 saturated carbocycles. The van der Waals surface area contributed by atoms with E-state index in [1.54, 1.807) is 14.2 Å². The number of aliphatic hydroxyl groups excluding tert-OH is 2. The van der Waals surface area contributed by atoms with Gasteiger partial charge in [0.2, 0.25) is 0 Å². The van der Waals surface area contributed by atoms with Gasteiger partial charge >= 0.3 is 0 Å². The van der Waals surface area contributed by atoms with E-state index in [2.05, 4.69) is 0 Å². The average Bonchev–Trinajstić information content (AvgIpc) is 2.81. The molecule has 0 amide bonds. The Labute approximate surface area is 118 Å². The van der Waals surface area contributed by atoms with Crippen molar-refractivity contribution in [1.29, 1.82) is 0 Å². The summed E-state index contributed by atoms with van der Waals surface area (Å²) in [5.41, 5.74) is 2.15. The fourth-order valence-corrected chi connectivity index (χ4v) is 2.45. The SMILES string of the molecule is COc1cc2c(CCCO)cn(CCO)c2cc1OC. The Morgan fingerprint density at radius 1 is 1.05 bits per heavy atom. The first-order valence-corrected chi connectivity index (χ1v) is 6.70. The van der Waals surface area contributed by atoms with Gasteiger partial charge in [0, 0.05) is 30.8 Å². The third kappa shape index (κ3) is 2.73. The van der Waals surface area contributed by atoms with Crippen LogP contribution in [0, 0.1) is 0 Å². The highest BCUT2D eigenvalue weighted by Gasteiger charge is 2.13. The van der Waals surface area contributed by atoms with Crippen LogP contribution in [0.15, 0.2) is 18.3 Å². The second-order valence-corrected chi connectivity index (χ2v) is 4.62. The standard InChI is InChI=1S/C15H21NO4/c1-19-14-8-12-11(4-3-6-17)10-16(5-7-18)13(12)9-15(14)20-2/h8-10,17-18H,3-7H2,1-2H3. The van der Waals surface area contributed by atoms with Crippen molar-refractivity contribution in [1.82, 2.24) is 4.57 Å². The minimum absolute atomic E-state index is 0.0809. The van der Waals surface area contributed by atoms with Crippen LogP contribution in [0.1, 0.15) is 12.0 Å². The lowest BCUT2D eigenvalue weighted by atomic mass is 10.1. The molecule has 0 aliphatic carbocycles. The minimum atomic E-state index is 0.0809. The van der Waals surface area contributed by atoms with Crippen molar-refractivity contribution >= 4 is 10.9 Å². The molecule has 1 aromatic heterocycles. The molecule has 0 spiro atoms. The number of benzene rings is 1. The summed E-state index contributed by atoms with van der Waals surface area (Å²) in [7, 11) is 3.22. The van der Waals surface area contributed by atoms with Crippen molar-refractivity contribution in [2.45, 2.75) is 19.4 Å². The monoisotopic (exact) mass is 279 g/mol. The van der Waals surface area contributed by atoms with E-state index in [1.165, 1.54) is 0 Å². The summed E-state index contributed by atoms with van der Waals surface area (Å²) in [5, 5.41) is 19.2. The fraction of sp³-hybridized carbons (Fsp3) is 0.467. The normalized spacial score (nSPS) is 11.0. The molecule has 1 aromatic carbocycles. The molecule has 1 heterocycles. The third-order valence-corrected chi connectivity index (χ3v) is 3.41. The Hall–Kier alpha value is -1.72. The number of fused-ring (bicyclic) bond motifs is 1. The van der Waals surface area contributed by atoms with E-state index in [1.807, 2.05) is 22.9 Å². The van der Waals surface area contributed by atoms with Gasteiger partial charge in [-0.2, -0.15) is 0 Å². The van der Waals surface area contributed by atoms with Crippen molar-refractivity contribution in [2.24, 2.45) is 0 Å². The molecule has 2 N–H and O–H groups in total. The van der Waals surface area contributed by atoms with Gasteiger partial charge in [-0.1, -0.05) is 0 Å². The molecule has 0 atom stereocenters. The van der Waals surface area contributed by atoms with Crippen molar-refractivity contribution in [3.8, 4) is 11.5 Å². The Morgan fingerprint density at radius 2 is 1.75 bits per heavy atom. The van der Waals surface area contributed by atoms with E-state index in [0.29, 0.717) is 24.5 Å². The van der Waals surface area contributed by atoms with Crippen LogP contribution in [-0.4, -0.2) is 42.2 Å². The van der Waals surface area contributed by atoms with E-state index in [4.69, 9.17) is 14.6 Å². The van der Waals surface area contributed by atoms with Gasteiger partial charge < -0.3 is 24.3 Å². The molecule has 0 radical (unpaired) electrons. The topological polar surface area (TPSA) is 63.9 Å². The summed E-state index contributed by atoms with van der Waals surface area (Å²) in [4.78, 5) is 0. The lowest BCUT2D eigenvalue weighted by Crippen LogP contribution is -2.00. The molecule has 2 aromatic rings. The van der Waals surface area contributed by atoms with Gasteiger partial charge in [-0.15, -0.1) is 0 Å². The molecule has 5 nitrogen and oxygen atoms in total. The van der Waals surface area contributed by atoms with Crippen LogP contribution in [0.2, 0.25) is 0 Å².